The van der Waals surface area contributed by atoms with Gasteiger partial charge < -0.3 is 0 Å². The fourth-order valence-electron chi connectivity index (χ4n) is 1.20. The molecule has 0 unspecified atom stereocenters. The second kappa shape index (κ2) is 4.31. The third kappa shape index (κ3) is 1.93. The summed E-state index contributed by atoms with van der Waals surface area (Å²) in [7, 11) is 0. The van der Waals surface area contributed by atoms with Gasteiger partial charge in [0, 0.05) is 9.77 Å². The topological polar surface area (TPSA) is 17.8 Å². The number of hydrogen-bond acceptors (Lipinski definition) is 1. The van der Waals surface area contributed by atoms with Crippen LogP contribution in [-0.4, -0.2) is 9.78 Å². The van der Waals surface area contributed by atoms with E-state index >= 15 is 0 Å². The summed E-state index contributed by atoms with van der Waals surface area (Å²) in [6.07, 6.45) is 1.93. The number of benzene rings is 1. The van der Waals surface area contributed by atoms with Gasteiger partial charge in [-0.15, -0.1) is 11.6 Å². The molecule has 0 radical (unpaired) electrons. The fraction of sp³-hybridized carbons (Fsp3) is 0.100. The first-order valence-electron chi connectivity index (χ1n) is 4.16. The molecule has 2 rings (SSSR count). The maximum absolute atomic E-state index is 5.69. The van der Waals surface area contributed by atoms with Crippen LogP contribution in [0, 0.1) is 3.57 Å². The van der Waals surface area contributed by atoms with E-state index in [0.29, 0.717) is 5.88 Å². The van der Waals surface area contributed by atoms with Crippen molar-refractivity contribution in [3.63, 3.8) is 0 Å². The van der Waals surface area contributed by atoms with Crippen LogP contribution in [0.15, 0.2) is 36.5 Å². The monoisotopic (exact) mass is 318 g/mol. The van der Waals surface area contributed by atoms with Crippen LogP contribution in [0.3, 0.4) is 0 Å². The smallest absolute Gasteiger partial charge is 0.0779 e. The van der Waals surface area contributed by atoms with E-state index in [1.54, 1.807) is 0 Å². The lowest BCUT2D eigenvalue weighted by Crippen LogP contribution is -1.97. The second-order valence-electron chi connectivity index (χ2n) is 2.84. The van der Waals surface area contributed by atoms with E-state index in [9.17, 15) is 0 Å². The SMILES string of the molecule is ClCc1ccn(-c2ccccc2I)n1. The summed E-state index contributed by atoms with van der Waals surface area (Å²) in [5.41, 5.74) is 1.98. The molecule has 0 aliphatic carbocycles. The molecule has 0 bridgehead atoms. The minimum absolute atomic E-state index is 0.455. The van der Waals surface area contributed by atoms with Crippen LogP contribution >= 0.6 is 34.2 Å². The van der Waals surface area contributed by atoms with Crippen molar-refractivity contribution in [2.75, 3.05) is 0 Å². The Hall–Kier alpha value is -0.550. The lowest BCUT2D eigenvalue weighted by Gasteiger charge is -2.02. The molecule has 72 valence electrons. The normalized spacial score (nSPS) is 10.4. The zero-order valence-corrected chi connectivity index (χ0v) is 10.2. The summed E-state index contributed by atoms with van der Waals surface area (Å²) in [5.74, 6) is 0.455. The lowest BCUT2D eigenvalue weighted by atomic mass is 10.3. The number of nitrogens with zero attached hydrogens (tertiary/aromatic N) is 2. The number of aromatic nitrogens is 2. The molecule has 0 fully saturated rings. The third-order valence-electron chi connectivity index (χ3n) is 1.88. The average molecular weight is 319 g/mol. The highest BCUT2D eigenvalue weighted by atomic mass is 127. The Labute approximate surface area is 101 Å². The predicted octanol–water partition coefficient (Wildman–Crippen LogP) is 3.22. The van der Waals surface area contributed by atoms with Crippen molar-refractivity contribution in [2.45, 2.75) is 5.88 Å². The molecular formula is C10H8ClIN2. The summed E-state index contributed by atoms with van der Waals surface area (Å²) in [6.45, 7) is 0. The van der Waals surface area contributed by atoms with Gasteiger partial charge in [0.15, 0.2) is 0 Å². The quantitative estimate of drug-likeness (QED) is 0.614. The van der Waals surface area contributed by atoms with Crippen molar-refractivity contribution < 1.29 is 0 Å². The van der Waals surface area contributed by atoms with Crippen molar-refractivity contribution in [3.05, 3.63) is 45.8 Å². The van der Waals surface area contributed by atoms with Crippen LogP contribution in [0.2, 0.25) is 0 Å². The van der Waals surface area contributed by atoms with E-state index in [4.69, 9.17) is 11.6 Å². The maximum Gasteiger partial charge on any atom is 0.0779 e. The molecule has 2 nitrogen and oxygen atoms in total. The Bertz CT molecular complexity index is 439. The zero-order chi connectivity index (χ0) is 9.97. The summed E-state index contributed by atoms with van der Waals surface area (Å²) < 4.78 is 3.02. The van der Waals surface area contributed by atoms with Gasteiger partial charge in [-0.25, -0.2) is 4.68 Å². The minimum Gasteiger partial charge on any atom is -0.240 e. The molecule has 2 aromatic rings. The second-order valence-corrected chi connectivity index (χ2v) is 4.27. The van der Waals surface area contributed by atoms with Crippen molar-refractivity contribution in [1.82, 2.24) is 9.78 Å². The van der Waals surface area contributed by atoms with Gasteiger partial charge in [-0.1, -0.05) is 12.1 Å². The van der Waals surface area contributed by atoms with Gasteiger partial charge in [0.25, 0.3) is 0 Å². The molecule has 1 aromatic heterocycles. The van der Waals surface area contributed by atoms with Crippen LogP contribution in [0.4, 0.5) is 0 Å². The maximum atomic E-state index is 5.69. The van der Waals surface area contributed by atoms with Gasteiger partial charge >= 0.3 is 0 Å². The first kappa shape index (κ1) is 9.98. The molecule has 0 amide bonds. The number of alkyl halides is 1. The first-order chi connectivity index (χ1) is 6.81. The van der Waals surface area contributed by atoms with Gasteiger partial charge in [0.1, 0.15) is 0 Å². The molecule has 0 saturated heterocycles. The Morgan fingerprint density at radius 1 is 1.29 bits per heavy atom. The van der Waals surface area contributed by atoms with Gasteiger partial charge in [0.2, 0.25) is 0 Å². The molecule has 0 aliphatic rings. The van der Waals surface area contributed by atoms with E-state index in [1.807, 2.05) is 35.1 Å². The summed E-state index contributed by atoms with van der Waals surface area (Å²) in [4.78, 5) is 0. The van der Waals surface area contributed by atoms with Gasteiger partial charge in [-0.3, -0.25) is 0 Å². The molecule has 4 heteroatoms. The third-order valence-corrected chi connectivity index (χ3v) is 3.07. The average Bonchev–Trinajstić information content (AvgIpc) is 2.67. The van der Waals surface area contributed by atoms with Crippen molar-refractivity contribution in [2.24, 2.45) is 0 Å². The minimum atomic E-state index is 0.455. The number of para-hydroxylation sites is 1. The van der Waals surface area contributed by atoms with E-state index in [1.165, 1.54) is 3.57 Å². The summed E-state index contributed by atoms with van der Waals surface area (Å²) in [6, 6.07) is 10.0. The highest BCUT2D eigenvalue weighted by Crippen LogP contribution is 2.16. The van der Waals surface area contributed by atoms with Crippen LogP contribution < -0.4 is 0 Å². The Morgan fingerprint density at radius 3 is 2.71 bits per heavy atom. The summed E-state index contributed by atoms with van der Waals surface area (Å²) in [5, 5.41) is 4.34. The van der Waals surface area contributed by atoms with Crippen molar-refractivity contribution in [1.29, 1.82) is 0 Å². The van der Waals surface area contributed by atoms with E-state index in [-0.39, 0.29) is 0 Å². The number of rotatable bonds is 2. The summed E-state index contributed by atoms with van der Waals surface area (Å²) >= 11 is 7.98. The van der Waals surface area contributed by atoms with Gasteiger partial charge in [-0.2, -0.15) is 5.10 Å². The van der Waals surface area contributed by atoms with Crippen LogP contribution in [0.5, 0.6) is 0 Å². The molecule has 0 saturated carbocycles. The molecule has 1 aromatic carbocycles. The highest BCUT2D eigenvalue weighted by molar-refractivity contribution is 14.1. The molecule has 0 atom stereocenters. The largest absolute Gasteiger partial charge is 0.240 e. The zero-order valence-electron chi connectivity index (χ0n) is 7.32. The first-order valence-corrected chi connectivity index (χ1v) is 5.78. The molecule has 0 aliphatic heterocycles. The molecule has 14 heavy (non-hydrogen) atoms. The molecular weight excluding hydrogens is 310 g/mol. The van der Waals surface area contributed by atoms with Gasteiger partial charge in [-0.05, 0) is 40.8 Å². The van der Waals surface area contributed by atoms with Crippen LogP contribution in [0.25, 0.3) is 5.69 Å². The standard InChI is InChI=1S/C10H8ClIN2/c11-7-8-5-6-14(13-8)10-4-2-1-3-9(10)12/h1-6H,7H2. The van der Waals surface area contributed by atoms with Crippen molar-refractivity contribution >= 4 is 34.2 Å². The predicted molar refractivity (Wildman–Crippen MR) is 65.8 cm³/mol. The fourth-order valence-corrected chi connectivity index (χ4v) is 1.98. The van der Waals surface area contributed by atoms with Crippen LogP contribution in [-0.2, 0) is 5.88 Å². The van der Waals surface area contributed by atoms with E-state index in [2.05, 4.69) is 33.8 Å². The molecule has 0 N–H and O–H groups in total. The number of hydrogen-bond donors (Lipinski definition) is 0. The Balaban J connectivity index is 2.44. The number of halogens is 2. The molecule has 0 spiro atoms. The molecule has 1 heterocycles. The van der Waals surface area contributed by atoms with E-state index < -0.39 is 0 Å². The lowest BCUT2D eigenvalue weighted by molar-refractivity contribution is 0.854. The van der Waals surface area contributed by atoms with Crippen molar-refractivity contribution in [3.8, 4) is 5.69 Å². The Morgan fingerprint density at radius 2 is 2.07 bits per heavy atom. The van der Waals surface area contributed by atoms with Crippen LogP contribution in [0.1, 0.15) is 5.69 Å². The van der Waals surface area contributed by atoms with Gasteiger partial charge in [0.05, 0.1) is 17.3 Å². The Kier molecular flexibility index (Phi) is 3.08. The highest BCUT2D eigenvalue weighted by Gasteiger charge is 2.02. The van der Waals surface area contributed by atoms with E-state index in [0.717, 1.165) is 11.4 Å².